The van der Waals surface area contributed by atoms with Crippen LogP contribution in [-0.2, 0) is 13.0 Å². The average Bonchev–Trinajstić information content (AvgIpc) is 2.47. The molecule has 0 amide bonds. The summed E-state index contributed by atoms with van der Waals surface area (Å²) >= 11 is 0. The van der Waals surface area contributed by atoms with E-state index in [9.17, 15) is 0 Å². The molecule has 2 heteroatoms. The smallest absolute Gasteiger partial charge is 0.123 e. The molecule has 2 rings (SSSR count). The van der Waals surface area contributed by atoms with Crippen molar-refractivity contribution >= 4 is 0 Å². The van der Waals surface area contributed by atoms with Gasteiger partial charge in [0.25, 0.3) is 0 Å². The van der Waals surface area contributed by atoms with E-state index in [1.165, 1.54) is 16.7 Å². The van der Waals surface area contributed by atoms with Gasteiger partial charge in [0.15, 0.2) is 0 Å². The summed E-state index contributed by atoms with van der Waals surface area (Å²) in [5.74, 6) is 0.985. The van der Waals surface area contributed by atoms with E-state index in [1.54, 1.807) is 0 Å². The highest BCUT2D eigenvalue weighted by Gasteiger charge is 2.02. The summed E-state index contributed by atoms with van der Waals surface area (Å²) in [4.78, 5) is 0. The molecule has 0 saturated carbocycles. The van der Waals surface area contributed by atoms with E-state index in [1.807, 2.05) is 19.1 Å². The van der Waals surface area contributed by atoms with E-state index >= 15 is 0 Å². The molecule has 0 aliphatic rings. The summed E-state index contributed by atoms with van der Waals surface area (Å²) < 4.78 is 5.63. The molecule has 0 fully saturated rings. The van der Waals surface area contributed by atoms with Crippen molar-refractivity contribution in [3.63, 3.8) is 0 Å². The minimum atomic E-state index is 0.709. The Morgan fingerprint density at radius 2 is 1.65 bits per heavy atom. The first kappa shape index (κ1) is 14.6. The third kappa shape index (κ3) is 4.10. The van der Waals surface area contributed by atoms with Gasteiger partial charge < -0.3 is 10.1 Å². The van der Waals surface area contributed by atoms with Crippen molar-refractivity contribution in [2.75, 3.05) is 13.2 Å². The topological polar surface area (TPSA) is 21.3 Å². The number of aryl methyl sites for hydroxylation is 1. The Bertz CT molecular complexity index is 536. The number of hydrogen-bond acceptors (Lipinski definition) is 2. The maximum absolute atomic E-state index is 5.63. The van der Waals surface area contributed by atoms with Crippen LogP contribution < -0.4 is 10.1 Å². The highest BCUT2D eigenvalue weighted by atomic mass is 16.5. The molecule has 2 aromatic rings. The molecule has 20 heavy (non-hydrogen) atoms. The highest BCUT2D eigenvalue weighted by molar-refractivity contribution is 5.33. The largest absolute Gasteiger partial charge is 0.494 e. The normalized spacial score (nSPS) is 10.5. The molecule has 0 bridgehead atoms. The minimum Gasteiger partial charge on any atom is -0.494 e. The number of para-hydroxylation sites is 1. The number of benzene rings is 2. The Morgan fingerprint density at radius 1 is 0.950 bits per heavy atom. The number of ether oxygens (including phenoxy) is 1. The molecule has 1 N–H and O–H groups in total. The zero-order chi connectivity index (χ0) is 14.2. The Kier molecular flexibility index (Phi) is 5.63. The first-order chi connectivity index (χ1) is 9.81. The fourth-order valence-corrected chi connectivity index (χ4v) is 2.28. The standard InChI is InChI=1S/C18H23NO/c1-3-20-18-11-7-6-10-17(18)14-19-13-12-16-9-5-4-8-15(16)2/h4-11,19H,3,12-14H2,1-2H3. The van der Waals surface area contributed by atoms with Gasteiger partial charge in [0.05, 0.1) is 6.61 Å². The Morgan fingerprint density at radius 3 is 2.40 bits per heavy atom. The molecule has 0 heterocycles. The monoisotopic (exact) mass is 269 g/mol. The molecule has 0 spiro atoms. The van der Waals surface area contributed by atoms with Crippen LogP contribution in [0.4, 0.5) is 0 Å². The fourth-order valence-electron chi connectivity index (χ4n) is 2.28. The van der Waals surface area contributed by atoms with Gasteiger partial charge in [-0.1, -0.05) is 42.5 Å². The van der Waals surface area contributed by atoms with Gasteiger partial charge in [-0.25, -0.2) is 0 Å². The van der Waals surface area contributed by atoms with E-state index in [0.717, 1.165) is 25.3 Å². The van der Waals surface area contributed by atoms with Crippen LogP contribution in [-0.4, -0.2) is 13.2 Å². The maximum atomic E-state index is 5.63. The average molecular weight is 269 g/mol. The molecule has 0 aliphatic carbocycles. The SMILES string of the molecule is CCOc1ccccc1CNCCc1ccccc1C. The first-order valence-electron chi connectivity index (χ1n) is 7.27. The second-order valence-corrected chi connectivity index (χ2v) is 4.89. The van der Waals surface area contributed by atoms with Gasteiger partial charge in [-0.05, 0) is 44.0 Å². The van der Waals surface area contributed by atoms with Crippen LogP contribution in [0.25, 0.3) is 0 Å². The van der Waals surface area contributed by atoms with Crippen molar-refractivity contribution in [3.8, 4) is 5.75 Å². The van der Waals surface area contributed by atoms with Crippen LogP contribution in [0.15, 0.2) is 48.5 Å². The minimum absolute atomic E-state index is 0.709. The van der Waals surface area contributed by atoms with Crippen LogP contribution in [0, 0.1) is 6.92 Å². The third-order valence-corrected chi connectivity index (χ3v) is 3.42. The molecule has 2 aromatic carbocycles. The van der Waals surface area contributed by atoms with E-state index in [2.05, 4.69) is 48.6 Å². The lowest BCUT2D eigenvalue weighted by Crippen LogP contribution is -2.17. The molecule has 0 aromatic heterocycles. The summed E-state index contributed by atoms with van der Waals surface area (Å²) in [6, 6.07) is 16.8. The molecule has 0 radical (unpaired) electrons. The quantitative estimate of drug-likeness (QED) is 0.773. The zero-order valence-corrected chi connectivity index (χ0v) is 12.4. The van der Waals surface area contributed by atoms with Gasteiger partial charge in [0, 0.05) is 12.1 Å². The molecule has 0 saturated heterocycles. The van der Waals surface area contributed by atoms with Crippen LogP contribution in [0.2, 0.25) is 0 Å². The second-order valence-electron chi connectivity index (χ2n) is 4.89. The van der Waals surface area contributed by atoms with Gasteiger partial charge in [0.1, 0.15) is 5.75 Å². The Hall–Kier alpha value is -1.80. The van der Waals surface area contributed by atoms with Gasteiger partial charge >= 0.3 is 0 Å². The van der Waals surface area contributed by atoms with Gasteiger partial charge in [-0.15, -0.1) is 0 Å². The molecular formula is C18H23NO. The van der Waals surface area contributed by atoms with Crippen molar-refractivity contribution in [1.29, 1.82) is 0 Å². The molecule has 0 unspecified atom stereocenters. The summed E-state index contributed by atoms with van der Waals surface area (Å²) in [6.45, 7) is 6.72. The van der Waals surface area contributed by atoms with E-state index in [-0.39, 0.29) is 0 Å². The number of rotatable bonds is 7. The molecular weight excluding hydrogens is 246 g/mol. The van der Waals surface area contributed by atoms with E-state index < -0.39 is 0 Å². The predicted octanol–water partition coefficient (Wildman–Crippen LogP) is 3.73. The first-order valence-corrected chi connectivity index (χ1v) is 7.27. The Balaban J connectivity index is 1.83. The van der Waals surface area contributed by atoms with Crippen LogP contribution in [0.1, 0.15) is 23.6 Å². The van der Waals surface area contributed by atoms with E-state index in [0.29, 0.717) is 6.61 Å². The van der Waals surface area contributed by atoms with Crippen LogP contribution in [0.5, 0.6) is 5.75 Å². The molecule has 2 nitrogen and oxygen atoms in total. The van der Waals surface area contributed by atoms with Gasteiger partial charge in [-0.3, -0.25) is 0 Å². The van der Waals surface area contributed by atoms with Crippen molar-refractivity contribution in [1.82, 2.24) is 5.32 Å². The third-order valence-electron chi connectivity index (χ3n) is 3.42. The number of nitrogens with one attached hydrogen (secondary N) is 1. The molecule has 0 atom stereocenters. The van der Waals surface area contributed by atoms with Gasteiger partial charge in [-0.2, -0.15) is 0 Å². The van der Waals surface area contributed by atoms with Crippen molar-refractivity contribution in [3.05, 3.63) is 65.2 Å². The number of hydrogen-bond donors (Lipinski definition) is 1. The van der Waals surface area contributed by atoms with Crippen molar-refractivity contribution in [2.24, 2.45) is 0 Å². The lowest BCUT2D eigenvalue weighted by atomic mass is 10.1. The molecule has 0 aliphatic heterocycles. The van der Waals surface area contributed by atoms with Crippen molar-refractivity contribution < 1.29 is 4.74 Å². The molecule has 106 valence electrons. The lowest BCUT2D eigenvalue weighted by Gasteiger charge is -2.11. The zero-order valence-electron chi connectivity index (χ0n) is 12.4. The highest BCUT2D eigenvalue weighted by Crippen LogP contribution is 2.17. The summed E-state index contributed by atoms with van der Waals surface area (Å²) in [7, 11) is 0. The fraction of sp³-hybridized carbons (Fsp3) is 0.333. The summed E-state index contributed by atoms with van der Waals surface area (Å²) in [6.07, 6.45) is 1.06. The maximum Gasteiger partial charge on any atom is 0.123 e. The lowest BCUT2D eigenvalue weighted by molar-refractivity contribution is 0.335. The van der Waals surface area contributed by atoms with Crippen LogP contribution in [0.3, 0.4) is 0 Å². The summed E-state index contributed by atoms with van der Waals surface area (Å²) in [5, 5.41) is 3.50. The second kappa shape index (κ2) is 7.71. The van der Waals surface area contributed by atoms with Gasteiger partial charge in [0.2, 0.25) is 0 Å². The van der Waals surface area contributed by atoms with Crippen molar-refractivity contribution in [2.45, 2.75) is 26.8 Å². The predicted molar refractivity (Wildman–Crippen MR) is 84.2 cm³/mol. The van der Waals surface area contributed by atoms with E-state index in [4.69, 9.17) is 4.74 Å². The Labute approximate surface area is 121 Å². The summed E-state index contributed by atoms with van der Waals surface area (Å²) in [5.41, 5.74) is 4.00. The van der Waals surface area contributed by atoms with Crippen LogP contribution >= 0.6 is 0 Å².